The largest absolute Gasteiger partial charge is 0.309 e. The van der Waals surface area contributed by atoms with Crippen molar-refractivity contribution in [3.8, 4) is 0 Å². The van der Waals surface area contributed by atoms with E-state index in [1.54, 1.807) is 0 Å². The summed E-state index contributed by atoms with van der Waals surface area (Å²) in [7, 11) is -0.905. The van der Waals surface area contributed by atoms with Gasteiger partial charge in [-0.3, -0.25) is 4.21 Å². The van der Waals surface area contributed by atoms with E-state index in [1.807, 2.05) is 25.1 Å². The summed E-state index contributed by atoms with van der Waals surface area (Å²) in [6, 6.07) is 5.81. The summed E-state index contributed by atoms with van der Waals surface area (Å²) < 4.78 is 12.1. The predicted molar refractivity (Wildman–Crippen MR) is 68.4 cm³/mol. The zero-order chi connectivity index (χ0) is 11.7. The SMILES string of the molecule is CCCNC1c2cc(Cl)ccc2S(=O)C1C. The normalized spacial score (nSPS) is 28.1. The van der Waals surface area contributed by atoms with E-state index >= 15 is 0 Å². The molecule has 0 aromatic heterocycles. The van der Waals surface area contributed by atoms with Crippen LogP contribution in [0, 0.1) is 0 Å². The fourth-order valence-electron chi connectivity index (χ4n) is 2.10. The van der Waals surface area contributed by atoms with Crippen LogP contribution in [0.5, 0.6) is 0 Å². The van der Waals surface area contributed by atoms with Crippen LogP contribution in [-0.4, -0.2) is 16.0 Å². The first-order valence-electron chi connectivity index (χ1n) is 5.58. The van der Waals surface area contributed by atoms with Gasteiger partial charge in [-0.25, -0.2) is 0 Å². The van der Waals surface area contributed by atoms with Gasteiger partial charge in [0.05, 0.1) is 16.0 Å². The number of fused-ring (bicyclic) bond motifs is 1. The van der Waals surface area contributed by atoms with Crippen LogP contribution >= 0.6 is 11.6 Å². The second-order valence-electron chi connectivity index (χ2n) is 4.12. The molecule has 0 fully saturated rings. The zero-order valence-electron chi connectivity index (χ0n) is 9.50. The van der Waals surface area contributed by atoms with E-state index in [9.17, 15) is 4.21 Å². The number of hydrogen-bond acceptors (Lipinski definition) is 2. The Balaban J connectivity index is 2.35. The number of benzene rings is 1. The van der Waals surface area contributed by atoms with Crippen LogP contribution in [0.15, 0.2) is 23.1 Å². The smallest absolute Gasteiger partial charge is 0.0580 e. The van der Waals surface area contributed by atoms with Crippen molar-refractivity contribution in [2.45, 2.75) is 36.5 Å². The third-order valence-corrected chi connectivity index (χ3v) is 4.93. The fraction of sp³-hybridized carbons (Fsp3) is 0.500. The molecule has 88 valence electrons. The van der Waals surface area contributed by atoms with E-state index in [2.05, 4.69) is 12.2 Å². The Morgan fingerprint density at radius 2 is 2.25 bits per heavy atom. The lowest BCUT2D eigenvalue weighted by Crippen LogP contribution is -2.28. The van der Waals surface area contributed by atoms with Gasteiger partial charge < -0.3 is 5.32 Å². The molecule has 2 rings (SSSR count). The van der Waals surface area contributed by atoms with E-state index in [4.69, 9.17) is 11.6 Å². The molecule has 0 saturated heterocycles. The van der Waals surface area contributed by atoms with Gasteiger partial charge in [0, 0.05) is 16.0 Å². The number of halogens is 1. The lowest BCUT2D eigenvalue weighted by atomic mass is 10.0. The van der Waals surface area contributed by atoms with Crippen molar-refractivity contribution in [2.24, 2.45) is 0 Å². The quantitative estimate of drug-likeness (QED) is 0.902. The zero-order valence-corrected chi connectivity index (χ0v) is 11.1. The van der Waals surface area contributed by atoms with Crippen molar-refractivity contribution in [3.05, 3.63) is 28.8 Å². The Morgan fingerprint density at radius 3 is 2.94 bits per heavy atom. The van der Waals surface area contributed by atoms with Crippen molar-refractivity contribution in [3.63, 3.8) is 0 Å². The summed E-state index contributed by atoms with van der Waals surface area (Å²) in [5, 5.41) is 4.28. The van der Waals surface area contributed by atoms with Crippen LogP contribution in [0.1, 0.15) is 31.9 Å². The average molecular weight is 258 g/mol. The topological polar surface area (TPSA) is 29.1 Å². The van der Waals surface area contributed by atoms with E-state index < -0.39 is 10.8 Å². The number of rotatable bonds is 3. The molecule has 16 heavy (non-hydrogen) atoms. The maximum absolute atomic E-state index is 12.1. The molecule has 2 nitrogen and oxygen atoms in total. The van der Waals surface area contributed by atoms with Crippen LogP contribution in [0.2, 0.25) is 5.02 Å². The molecule has 0 bridgehead atoms. The highest BCUT2D eigenvalue weighted by molar-refractivity contribution is 7.86. The van der Waals surface area contributed by atoms with Gasteiger partial charge in [0.1, 0.15) is 0 Å². The maximum Gasteiger partial charge on any atom is 0.0580 e. The van der Waals surface area contributed by atoms with Gasteiger partial charge in [0.15, 0.2) is 0 Å². The average Bonchev–Trinajstić information content (AvgIpc) is 2.50. The summed E-state index contributed by atoms with van der Waals surface area (Å²) in [6.45, 7) is 5.10. The van der Waals surface area contributed by atoms with Gasteiger partial charge in [0.25, 0.3) is 0 Å². The van der Waals surface area contributed by atoms with Crippen molar-refractivity contribution in [2.75, 3.05) is 6.54 Å². The monoisotopic (exact) mass is 257 g/mol. The first-order chi connectivity index (χ1) is 7.65. The van der Waals surface area contributed by atoms with Gasteiger partial charge >= 0.3 is 0 Å². The van der Waals surface area contributed by atoms with Gasteiger partial charge in [-0.05, 0) is 43.7 Å². The van der Waals surface area contributed by atoms with Crippen molar-refractivity contribution in [1.82, 2.24) is 5.32 Å². The molecule has 0 saturated carbocycles. The van der Waals surface area contributed by atoms with Crippen LogP contribution in [0.4, 0.5) is 0 Å². The Bertz CT molecular complexity index is 421. The molecule has 3 atom stereocenters. The fourth-order valence-corrected chi connectivity index (χ4v) is 3.79. The lowest BCUT2D eigenvalue weighted by Gasteiger charge is -2.16. The minimum absolute atomic E-state index is 0.125. The Morgan fingerprint density at radius 1 is 1.50 bits per heavy atom. The Hall–Kier alpha value is -0.380. The first kappa shape index (κ1) is 12.1. The van der Waals surface area contributed by atoms with Crippen molar-refractivity contribution in [1.29, 1.82) is 0 Å². The van der Waals surface area contributed by atoms with Crippen molar-refractivity contribution >= 4 is 22.4 Å². The molecule has 1 heterocycles. The molecule has 0 aliphatic carbocycles. The Kier molecular flexibility index (Phi) is 3.67. The van der Waals surface area contributed by atoms with E-state index in [1.165, 1.54) is 0 Å². The number of hydrogen-bond donors (Lipinski definition) is 1. The molecule has 1 aromatic carbocycles. The van der Waals surface area contributed by atoms with Crippen molar-refractivity contribution < 1.29 is 4.21 Å². The molecule has 4 heteroatoms. The molecule has 3 unspecified atom stereocenters. The summed E-state index contributed by atoms with van der Waals surface area (Å²) in [6.07, 6.45) is 1.08. The highest BCUT2D eigenvalue weighted by atomic mass is 35.5. The second kappa shape index (κ2) is 4.86. The highest BCUT2D eigenvalue weighted by Crippen LogP contribution is 2.37. The third-order valence-electron chi connectivity index (χ3n) is 2.94. The predicted octanol–water partition coefficient (Wildman–Crippen LogP) is 2.89. The molecule has 1 aliphatic heterocycles. The lowest BCUT2D eigenvalue weighted by molar-refractivity contribution is 0.527. The summed E-state index contributed by atoms with van der Waals surface area (Å²) >= 11 is 5.99. The summed E-state index contributed by atoms with van der Waals surface area (Å²) in [4.78, 5) is 0.936. The Labute approximate surface area is 104 Å². The number of nitrogens with one attached hydrogen (secondary N) is 1. The molecule has 0 radical (unpaired) electrons. The van der Waals surface area contributed by atoms with Crippen LogP contribution < -0.4 is 5.32 Å². The minimum Gasteiger partial charge on any atom is -0.309 e. The molecule has 1 aromatic rings. The first-order valence-corrected chi connectivity index (χ1v) is 7.17. The molecule has 0 spiro atoms. The van der Waals surface area contributed by atoms with Crippen LogP contribution in [0.3, 0.4) is 0 Å². The minimum atomic E-state index is -0.905. The van der Waals surface area contributed by atoms with Gasteiger partial charge in [-0.1, -0.05) is 18.5 Å². The summed E-state index contributed by atoms with van der Waals surface area (Å²) in [5.74, 6) is 0. The standard InChI is InChI=1S/C12H16ClNOS/c1-3-6-14-12-8(2)16(15)11-5-4-9(13)7-10(11)12/h4-5,7-8,12,14H,3,6H2,1-2H3. The summed E-state index contributed by atoms with van der Waals surface area (Å²) in [5.41, 5.74) is 1.10. The van der Waals surface area contributed by atoms with E-state index in [0.717, 1.165) is 23.4 Å². The van der Waals surface area contributed by atoms with Gasteiger partial charge in [0.2, 0.25) is 0 Å². The maximum atomic E-state index is 12.1. The van der Waals surface area contributed by atoms with Gasteiger partial charge in [-0.15, -0.1) is 0 Å². The van der Waals surface area contributed by atoms with Crippen LogP contribution in [0.25, 0.3) is 0 Å². The third kappa shape index (κ3) is 2.04. The van der Waals surface area contributed by atoms with E-state index in [0.29, 0.717) is 5.02 Å². The molecule has 1 aliphatic rings. The van der Waals surface area contributed by atoms with Gasteiger partial charge in [-0.2, -0.15) is 0 Å². The molecule has 0 amide bonds. The molecule has 1 N–H and O–H groups in total. The van der Waals surface area contributed by atoms with Crippen LogP contribution in [-0.2, 0) is 10.8 Å². The molecular weight excluding hydrogens is 242 g/mol. The van der Waals surface area contributed by atoms with E-state index in [-0.39, 0.29) is 11.3 Å². The second-order valence-corrected chi connectivity index (χ2v) is 6.33. The highest BCUT2D eigenvalue weighted by Gasteiger charge is 2.35. The molecular formula is C12H16ClNOS.